The van der Waals surface area contributed by atoms with Gasteiger partial charge >= 0.3 is 12.7 Å². The van der Waals surface area contributed by atoms with Crippen molar-refractivity contribution in [2.45, 2.75) is 25.7 Å². The van der Waals surface area contributed by atoms with E-state index in [-0.39, 0.29) is 6.61 Å². The summed E-state index contributed by atoms with van der Waals surface area (Å²) in [5.74, 6) is -0.412. The van der Waals surface area contributed by atoms with Crippen LogP contribution in [0.15, 0.2) is 12.7 Å². The highest BCUT2D eigenvalue weighted by molar-refractivity contribution is 8.06. The fourth-order valence-corrected chi connectivity index (χ4v) is 1.56. The molecule has 0 saturated heterocycles. The summed E-state index contributed by atoms with van der Waals surface area (Å²) in [6.07, 6.45) is 4.35. The molecule has 0 saturated carbocycles. The zero-order valence-electron chi connectivity index (χ0n) is 9.00. The summed E-state index contributed by atoms with van der Waals surface area (Å²) in [6, 6.07) is 0. The van der Waals surface area contributed by atoms with Gasteiger partial charge in [-0.2, -0.15) is 0 Å². The summed E-state index contributed by atoms with van der Waals surface area (Å²) < 4.78 is 9.40. The Morgan fingerprint density at radius 3 is 2.31 bits per heavy atom. The number of carbonyl (C=O) groups is 1. The van der Waals surface area contributed by atoms with Gasteiger partial charge in [-0.05, 0) is 31.1 Å². The van der Waals surface area contributed by atoms with Crippen molar-refractivity contribution < 1.29 is 23.8 Å². The summed E-state index contributed by atoms with van der Waals surface area (Å²) in [7, 11) is 0. The second kappa shape index (κ2) is 8.84. The lowest BCUT2D eigenvalue weighted by Gasteiger charge is -2.07. The van der Waals surface area contributed by atoms with E-state index in [1.165, 1.54) is 0 Å². The first kappa shape index (κ1) is 15.7. The predicted molar refractivity (Wildman–Crippen MR) is 64.3 cm³/mol. The lowest BCUT2D eigenvalue weighted by molar-refractivity contribution is -0.137. The molecule has 0 aromatic rings. The maximum atomic E-state index is 10.6. The molecule has 94 valence electrons. The zero-order chi connectivity index (χ0) is 12.4. The van der Waals surface area contributed by atoms with Crippen molar-refractivity contribution in [3.05, 3.63) is 12.7 Å². The van der Waals surface area contributed by atoms with Gasteiger partial charge in [0.1, 0.15) is 0 Å². The van der Waals surface area contributed by atoms with E-state index in [4.69, 9.17) is 14.5 Å². The van der Waals surface area contributed by atoms with E-state index in [0.29, 0.717) is 13.0 Å². The Morgan fingerprint density at radius 1 is 1.25 bits per heavy atom. The van der Waals surface area contributed by atoms with Crippen LogP contribution in [0, 0.1) is 0 Å². The number of ether oxygens (including phenoxy) is 1. The van der Waals surface area contributed by atoms with Crippen LogP contribution in [0.1, 0.15) is 25.7 Å². The summed E-state index contributed by atoms with van der Waals surface area (Å²) >= 11 is 4.28. The number of unbranched alkanes of at least 4 members (excludes halogenated alkanes) is 3. The number of hydrogen-bond donors (Lipinski definition) is 2. The molecule has 0 aliphatic carbocycles. The fourth-order valence-electron chi connectivity index (χ4n) is 0.973. The zero-order valence-corrected chi connectivity index (χ0v) is 10.7. The van der Waals surface area contributed by atoms with E-state index < -0.39 is 12.7 Å². The highest BCUT2D eigenvalue weighted by atomic mass is 32.5. The first-order valence-corrected chi connectivity index (χ1v) is 7.57. The molecule has 0 aliphatic rings. The van der Waals surface area contributed by atoms with Crippen LogP contribution < -0.4 is 0 Å². The third kappa shape index (κ3) is 11.8. The molecule has 0 amide bonds. The minimum absolute atomic E-state index is 0.247. The number of hydrogen-bond acceptors (Lipinski definition) is 4. The number of carbonyl (C=O) groups excluding carboxylic acids is 1. The van der Waals surface area contributed by atoms with Gasteiger partial charge in [0.2, 0.25) is 0 Å². The minimum atomic E-state index is -3.49. The largest absolute Gasteiger partial charge is 0.463 e. The van der Waals surface area contributed by atoms with Crippen molar-refractivity contribution in [2.75, 3.05) is 13.2 Å². The van der Waals surface area contributed by atoms with Crippen LogP contribution in [0.4, 0.5) is 0 Å². The molecule has 0 radical (unpaired) electrons. The molecule has 0 aliphatic heterocycles. The van der Waals surface area contributed by atoms with Gasteiger partial charge in [-0.1, -0.05) is 13.0 Å². The smallest absolute Gasteiger partial charge is 0.330 e. The van der Waals surface area contributed by atoms with Crippen LogP contribution in [0.3, 0.4) is 0 Å². The molecule has 0 aromatic heterocycles. The second-order valence-corrected chi connectivity index (χ2v) is 5.78. The lowest BCUT2D eigenvalue weighted by Crippen LogP contribution is -2.01. The van der Waals surface area contributed by atoms with E-state index in [0.717, 1.165) is 25.3 Å². The summed E-state index contributed by atoms with van der Waals surface area (Å²) in [5, 5.41) is 0. The van der Waals surface area contributed by atoms with E-state index in [2.05, 4.69) is 22.9 Å². The monoisotopic (exact) mass is 268 g/mol. The molecule has 0 rings (SSSR count). The van der Waals surface area contributed by atoms with Gasteiger partial charge in [-0.25, -0.2) is 4.79 Å². The third-order valence-electron chi connectivity index (χ3n) is 1.71. The standard InChI is InChI=1S/C9H17O5PS/c1-2-9(10)13-7-5-3-4-6-8-14-15(11,12)16/h2H,1,3-8H2,(H2,11,12,16). The highest BCUT2D eigenvalue weighted by Gasteiger charge is 2.06. The maximum absolute atomic E-state index is 10.6. The van der Waals surface area contributed by atoms with E-state index in [1.54, 1.807) is 0 Å². The quantitative estimate of drug-likeness (QED) is 0.286. The van der Waals surface area contributed by atoms with Gasteiger partial charge in [0, 0.05) is 6.08 Å². The predicted octanol–water partition coefficient (Wildman–Crippen LogP) is 1.50. The van der Waals surface area contributed by atoms with Crippen LogP contribution in [0.2, 0.25) is 0 Å². The molecule has 0 fully saturated rings. The van der Waals surface area contributed by atoms with Crippen molar-refractivity contribution >= 4 is 24.5 Å². The third-order valence-corrected chi connectivity index (χ3v) is 2.54. The minimum Gasteiger partial charge on any atom is -0.463 e. The summed E-state index contributed by atoms with van der Waals surface area (Å²) in [5.41, 5.74) is 0. The molecular formula is C9H17O5PS. The molecule has 7 heteroatoms. The van der Waals surface area contributed by atoms with Crippen molar-refractivity contribution in [1.82, 2.24) is 0 Å². The maximum Gasteiger partial charge on any atom is 0.330 e. The Morgan fingerprint density at radius 2 is 1.81 bits per heavy atom. The van der Waals surface area contributed by atoms with Gasteiger partial charge in [-0.3, -0.25) is 0 Å². The number of rotatable bonds is 9. The topological polar surface area (TPSA) is 76.0 Å². The molecule has 0 spiro atoms. The van der Waals surface area contributed by atoms with Crippen molar-refractivity contribution in [2.24, 2.45) is 0 Å². The van der Waals surface area contributed by atoms with E-state index in [1.807, 2.05) is 0 Å². The Labute approximate surface area is 100 Å². The van der Waals surface area contributed by atoms with Crippen LogP contribution >= 0.6 is 6.72 Å². The van der Waals surface area contributed by atoms with Crippen molar-refractivity contribution in [3.63, 3.8) is 0 Å². The number of esters is 1. The van der Waals surface area contributed by atoms with E-state index >= 15 is 0 Å². The Balaban J connectivity index is 3.19. The van der Waals surface area contributed by atoms with Crippen molar-refractivity contribution in [1.29, 1.82) is 0 Å². The molecule has 0 aromatic carbocycles. The summed E-state index contributed by atoms with van der Waals surface area (Å²) in [6.45, 7) is 0.412. The van der Waals surface area contributed by atoms with Crippen LogP contribution in [0.25, 0.3) is 0 Å². The first-order chi connectivity index (χ1) is 7.45. The highest BCUT2D eigenvalue weighted by Crippen LogP contribution is 2.36. The SMILES string of the molecule is C=CC(=O)OCCCCCCOP(O)(O)=S. The average Bonchev–Trinajstić information content (AvgIpc) is 2.20. The van der Waals surface area contributed by atoms with Gasteiger partial charge < -0.3 is 19.0 Å². The Bertz CT molecular complexity index is 263. The van der Waals surface area contributed by atoms with E-state index in [9.17, 15) is 4.79 Å². The van der Waals surface area contributed by atoms with Crippen molar-refractivity contribution in [3.8, 4) is 0 Å². The van der Waals surface area contributed by atoms with Gasteiger partial charge in [0.15, 0.2) is 0 Å². The Kier molecular flexibility index (Phi) is 8.70. The van der Waals surface area contributed by atoms with Gasteiger partial charge in [-0.15, -0.1) is 0 Å². The second-order valence-electron chi connectivity index (χ2n) is 3.11. The fraction of sp³-hybridized carbons (Fsp3) is 0.667. The molecule has 0 heterocycles. The lowest BCUT2D eigenvalue weighted by atomic mass is 10.2. The van der Waals surface area contributed by atoms with Gasteiger partial charge in [0.05, 0.1) is 13.2 Å². The normalized spacial score (nSPS) is 11.1. The molecule has 5 nitrogen and oxygen atoms in total. The molecule has 16 heavy (non-hydrogen) atoms. The van der Waals surface area contributed by atoms with Crippen LogP contribution in [-0.4, -0.2) is 29.0 Å². The molecule has 2 N–H and O–H groups in total. The first-order valence-electron chi connectivity index (χ1n) is 4.95. The van der Waals surface area contributed by atoms with Crippen LogP contribution in [0.5, 0.6) is 0 Å². The average molecular weight is 268 g/mol. The molecule has 0 unspecified atom stereocenters. The molecule has 0 bridgehead atoms. The molecular weight excluding hydrogens is 251 g/mol. The Hall–Kier alpha value is -0.260. The summed E-state index contributed by atoms with van der Waals surface area (Å²) in [4.78, 5) is 28.1. The van der Waals surface area contributed by atoms with Crippen LogP contribution in [-0.2, 0) is 25.9 Å². The molecule has 0 atom stereocenters. The van der Waals surface area contributed by atoms with Gasteiger partial charge in [0.25, 0.3) is 0 Å².